The summed E-state index contributed by atoms with van der Waals surface area (Å²) in [5.41, 5.74) is 6.39. The number of rotatable bonds is 9. The summed E-state index contributed by atoms with van der Waals surface area (Å²) in [7, 11) is 0. The monoisotopic (exact) mass is 601 g/mol. The lowest BCUT2D eigenvalue weighted by Gasteiger charge is -2.33. The molecule has 232 valence electrons. The molecule has 1 N–H and O–H groups in total. The molecule has 1 aliphatic heterocycles. The second kappa shape index (κ2) is 13.4. The van der Waals surface area contributed by atoms with Gasteiger partial charge in [-0.2, -0.15) is 0 Å². The first kappa shape index (κ1) is 31.6. The zero-order valence-corrected chi connectivity index (χ0v) is 27.2. The molecule has 2 aromatic heterocycles. The van der Waals surface area contributed by atoms with Crippen molar-refractivity contribution in [2.24, 2.45) is 5.92 Å². The van der Waals surface area contributed by atoms with E-state index in [1.807, 2.05) is 73.7 Å². The van der Waals surface area contributed by atoms with E-state index in [1.54, 1.807) is 6.20 Å². The molecule has 45 heavy (non-hydrogen) atoms. The molecule has 0 amide bonds. The lowest BCUT2D eigenvalue weighted by molar-refractivity contribution is 0.0243. The molecule has 0 saturated carbocycles. The van der Waals surface area contributed by atoms with Crippen LogP contribution in [-0.2, 0) is 16.9 Å². The van der Waals surface area contributed by atoms with E-state index in [0.29, 0.717) is 23.6 Å². The van der Waals surface area contributed by atoms with Gasteiger partial charge in [-0.15, -0.1) is 0 Å². The number of pyridine rings is 1. The van der Waals surface area contributed by atoms with Crippen molar-refractivity contribution in [1.29, 1.82) is 0 Å². The van der Waals surface area contributed by atoms with Gasteiger partial charge in [-0.3, -0.25) is 0 Å². The molecule has 1 aliphatic rings. The van der Waals surface area contributed by atoms with Crippen molar-refractivity contribution in [2.45, 2.75) is 53.8 Å². The Morgan fingerprint density at radius 2 is 1.69 bits per heavy atom. The molecule has 6 rings (SSSR count). The van der Waals surface area contributed by atoms with E-state index >= 15 is 0 Å². The van der Waals surface area contributed by atoms with Crippen LogP contribution in [0.1, 0.15) is 78.6 Å². The Labute approximate surface area is 266 Å². The number of cyclic esters (lactones) is 1. The second-order valence-corrected chi connectivity index (χ2v) is 12.0. The molecule has 1 unspecified atom stereocenters. The summed E-state index contributed by atoms with van der Waals surface area (Å²) < 4.78 is 13.1. The van der Waals surface area contributed by atoms with Gasteiger partial charge in [0.1, 0.15) is 12.4 Å². The summed E-state index contributed by atoms with van der Waals surface area (Å²) in [5.74, 6) is 1.03. The molecule has 1 atom stereocenters. The van der Waals surface area contributed by atoms with E-state index in [0.717, 1.165) is 63.5 Å². The third-order valence-electron chi connectivity index (χ3n) is 7.95. The van der Waals surface area contributed by atoms with E-state index in [1.165, 1.54) is 0 Å². The third kappa shape index (κ3) is 6.10. The minimum Gasteiger partial charge on any atom is -0.488 e. The molecule has 0 bridgehead atoms. The average molecular weight is 602 g/mol. The van der Waals surface area contributed by atoms with Crippen molar-refractivity contribution in [3.05, 3.63) is 131 Å². The molecular formula is C39H43N3O3. The molecular weight excluding hydrogens is 558 g/mol. The fourth-order valence-electron chi connectivity index (χ4n) is 5.96. The number of hydrogen-bond acceptors (Lipinski definition) is 5. The van der Waals surface area contributed by atoms with Gasteiger partial charge in [0.05, 0.1) is 0 Å². The molecule has 3 aromatic carbocycles. The Morgan fingerprint density at radius 1 is 0.978 bits per heavy atom. The minimum absolute atomic E-state index is 0.316. The number of aromatic nitrogens is 2. The first-order valence-corrected chi connectivity index (χ1v) is 15.7. The van der Waals surface area contributed by atoms with Gasteiger partial charge in [0.25, 0.3) is 0 Å². The predicted molar refractivity (Wildman–Crippen MR) is 184 cm³/mol. The number of carbonyl (C=O) groups is 1. The number of H-pyrrole nitrogens is 1. The van der Waals surface area contributed by atoms with Crippen LogP contribution in [0.3, 0.4) is 0 Å². The third-order valence-corrected chi connectivity index (χ3v) is 7.95. The Kier molecular flexibility index (Phi) is 9.43. The summed E-state index contributed by atoms with van der Waals surface area (Å²) in [6, 6.07) is 26.2. The molecule has 0 spiro atoms. The first-order valence-electron chi connectivity index (χ1n) is 15.7. The van der Waals surface area contributed by atoms with Crippen LogP contribution in [-0.4, -0.2) is 29.0 Å². The van der Waals surface area contributed by atoms with Crippen molar-refractivity contribution < 1.29 is 14.3 Å². The Morgan fingerprint density at radius 3 is 2.38 bits per heavy atom. The topological polar surface area (TPSA) is 67.4 Å². The number of esters is 1. The number of aryl methyl sites for hydroxylation is 1. The van der Waals surface area contributed by atoms with E-state index in [4.69, 9.17) is 9.47 Å². The first-order chi connectivity index (χ1) is 21.7. The van der Waals surface area contributed by atoms with Crippen LogP contribution in [0.15, 0.2) is 91.6 Å². The molecule has 0 fully saturated rings. The quantitative estimate of drug-likeness (QED) is 0.171. The van der Waals surface area contributed by atoms with E-state index in [9.17, 15) is 4.79 Å². The SMILES string of the molecule is C=Cc1ccc(COc2cc(N(CC)CC)ccc2C2(c3c(C)[nH]c4ccccc34)OC(=O)c3ncccc32)cc1.CC(C)C. The fourth-order valence-corrected chi connectivity index (χ4v) is 5.96. The maximum absolute atomic E-state index is 13.5. The van der Waals surface area contributed by atoms with E-state index in [2.05, 4.69) is 74.3 Å². The van der Waals surface area contributed by atoms with Crippen molar-refractivity contribution in [2.75, 3.05) is 18.0 Å². The zero-order valence-electron chi connectivity index (χ0n) is 27.2. The van der Waals surface area contributed by atoms with Crippen molar-refractivity contribution in [3.63, 3.8) is 0 Å². The largest absolute Gasteiger partial charge is 0.488 e. The van der Waals surface area contributed by atoms with E-state index in [-0.39, 0.29) is 0 Å². The highest BCUT2D eigenvalue weighted by Crippen LogP contribution is 2.52. The van der Waals surface area contributed by atoms with Crippen LogP contribution >= 0.6 is 0 Å². The molecule has 5 aromatic rings. The highest BCUT2D eigenvalue weighted by atomic mass is 16.6. The highest BCUT2D eigenvalue weighted by molar-refractivity contribution is 5.97. The maximum atomic E-state index is 13.5. The fraction of sp³-hybridized carbons (Fsp3) is 0.282. The van der Waals surface area contributed by atoms with Crippen molar-refractivity contribution in [3.8, 4) is 5.75 Å². The number of para-hydroxylation sites is 1. The van der Waals surface area contributed by atoms with Crippen molar-refractivity contribution >= 4 is 28.6 Å². The number of nitrogens with one attached hydrogen (secondary N) is 1. The van der Waals surface area contributed by atoms with Gasteiger partial charge in [-0.25, -0.2) is 9.78 Å². The minimum atomic E-state index is -1.26. The number of benzene rings is 3. The molecule has 0 radical (unpaired) electrons. The van der Waals surface area contributed by atoms with E-state index < -0.39 is 11.6 Å². The Hall–Kier alpha value is -4.84. The number of aromatic amines is 1. The summed E-state index contributed by atoms with van der Waals surface area (Å²) in [4.78, 5) is 23.7. The van der Waals surface area contributed by atoms with Gasteiger partial charge >= 0.3 is 5.97 Å². The summed E-state index contributed by atoms with van der Waals surface area (Å²) in [6.07, 6.45) is 3.45. The summed E-state index contributed by atoms with van der Waals surface area (Å²) >= 11 is 0. The summed E-state index contributed by atoms with van der Waals surface area (Å²) in [6.45, 7) is 18.7. The van der Waals surface area contributed by atoms with Crippen LogP contribution in [0.5, 0.6) is 5.75 Å². The van der Waals surface area contributed by atoms with Crippen LogP contribution in [0.25, 0.3) is 17.0 Å². The predicted octanol–water partition coefficient (Wildman–Crippen LogP) is 9.06. The van der Waals surface area contributed by atoms with Crippen LogP contribution in [0.2, 0.25) is 0 Å². The Balaban J connectivity index is 0.000000945. The zero-order chi connectivity index (χ0) is 32.1. The lowest BCUT2D eigenvalue weighted by atomic mass is 9.79. The molecule has 3 heterocycles. The van der Waals surface area contributed by atoms with Gasteiger partial charge < -0.3 is 19.4 Å². The summed E-state index contributed by atoms with van der Waals surface area (Å²) in [5, 5.41) is 0.980. The van der Waals surface area contributed by atoms with Gasteiger partial charge in [0.2, 0.25) is 0 Å². The number of fused-ring (bicyclic) bond motifs is 2. The number of hydrogen-bond donors (Lipinski definition) is 1. The van der Waals surface area contributed by atoms with Crippen molar-refractivity contribution in [1.82, 2.24) is 9.97 Å². The highest BCUT2D eigenvalue weighted by Gasteiger charge is 2.53. The normalized spacial score (nSPS) is 15.3. The molecule has 0 saturated heterocycles. The smallest absolute Gasteiger partial charge is 0.358 e. The maximum Gasteiger partial charge on any atom is 0.358 e. The van der Waals surface area contributed by atoms with Gasteiger partial charge in [0, 0.05) is 64.3 Å². The lowest BCUT2D eigenvalue weighted by Crippen LogP contribution is -2.31. The Bertz CT molecular complexity index is 1800. The average Bonchev–Trinajstić information content (AvgIpc) is 3.54. The number of carbonyl (C=O) groups excluding carboxylic acids is 1. The molecule has 6 heteroatoms. The number of ether oxygens (including phenoxy) is 2. The van der Waals surface area contributed by atoms with Crippen LogP contribution in [0.4, 0.5) is 5.69 Å². The van der Waals surface area contributed by atoms with Gasteiger partial charge in [0.15, 0.2) is 11.3 Å². The second-order valence-electron chi connectivity index (χ2n) is 12.0. The number of nitrogens with zero attached hydrogens (tertiary/aromatic N) is 2. The molecule has 0 aliphatic carbocycles. The van der Waals surface area contributed by atoms with Crippen LogP contribution in [0, 0.1) is 12.8 Å². The standard InChI is InChI=1S/C35H33N3O3.C4H10/c1-5-24-14-16-25(17-15-24)22-40-31-21-26(38(6-2)7-3)18-19-28(31)35(29-12-10-20-36-33(29)34(39)41-35)32-23(4)37-30-13-9-8-11-27(30)32;1-4(2)3/h5,8-21,37H,1,6-7,22H2,2-4H3;4H,1-3H3. The molecule has 6 nitrogen and oxygen atoms in total. The van der Waals surface area contributed by atoms with Crippen LogP contribution < -0.4 is 9.64 Å². The van der Waals surface area contributed by atoms with Gasteiger partial charge in [-0.05, 0) is 62.1 Å². The van der Waals surface area contributed by atoms with Gasteiger partial charge in [-0.1, -0.05) is 82.0 Å². The number of anilines is 1.